The van der Waals surface area contributed by atoms with Gasteiger partial charge in [-0.2, -0.15) is 0 Å². The van der Waals surface area contributed by atoms with Crippen molar-refractivity contribution in [1.29, 1.82) is 0 Å². The van der Waals surface area contributed by atoms with E-state index in [0.29, 0.717) is 6.54 Å². The van der Waals surface area contributed by atoms with E-state index in [2.05, 4.69) is 4.90 Å². The number of nitrogens with zero attached hydrogens (tertiary/aromatic N) is 1. The average Bonchev–Trinajstić information content (AvgIpc) is 2.72. The maximum Gasteiger partial charge on any atom is 0.304 e. The lowest BCUT2D eigenvalue weighted by molar-refractivity contribution is -0.138. The number of carboxylic acids is 1. The summed E-state index contributed by atoms with van der Waals surface area (Å²) in [7, 11) is 0. The van der Waals surface area contributed by atoms with E-state index < -0.39 is 5.97 Å². The Labute approximate surface area is 102 Å². The van der Waals surface area contributed by atoms with Crippen LogP contribution in [0.3, 0.4) is 0 Å². The van der Waals surface area contributed by atoms with Gasteiger partial charge in [0.05, 0.1) is 13.0 Å². The van der Waals surface area contributed by atoms with Gasteiger partial charge in [0.15, 0.2) is 0 Å². The van der Waals surface area contributed by atoms with Crippen molar-refractivity contribution in [3.8, 4) is 0 Å². The van der Waals surface area contributed by atoms with Crippen molar-refractivity contribution in [2.45, 2.75) is 46.2 Å². The van der Waals surface area contributed by atoms with E-state index >= 15 is 0 Å². The van der Waals surface area contributed by atoms with Crippen LogP contribution in [-0.2, 0) is 17.8 Å². The second-order valence-electron chi connectivity index (χ2n) is 4.23. The molecule has 1 N–H and O–H groups in total. The Morgan fingerprint density at radius 3 is 2.53 bits per heavy atom. The smallest absolute Gasteiger partial charge is 0.304 e. The van der Waals surface area contributed by atoms with Crippen LogP contribution < -0.4 is 0 Å². The summed E-state index contributed by atoms with van der Waals surface area (Å²) in [6, 6.07) is 3.97. The summed E-state index contributed by atoms with van der Waals surface area (Å²) in [5, 5.41) is 8.79. The second-order valence-corrected chi connectivity index (χ2v) is 4.23. The van der Waals surface area contributed by atoms with Crippen LogP contribution in [0.15, 0.2) is 16.5 Å². The Balaban J connectivity index is 2.59. The van der Waals surface area contributed by atoms with Gasteiger partial charge in [0.25, 0.3) is 0 Å². The normalized spacial score (nSPS) is 12.9. The fraction of sp³-hybridized carbons (Fsp3) is 0.615. The minimum absolute atomic E-state index is 0.0210. The van der Waals surface area contributed by atoms with Gasteiger partial charge in [0.1, 0.15) is 11.5 Å². The van der Waals surface area contributed by atoms with Crippen LogP contribution in [0.2, 0.25) is 0 Å². The Morgan fingerprint density at radius 2 is 2.06 bits per heavy atom. The predicted molar refractivity (Wildman–Crippen MR) is 65.9 cm³/mol. The third-order valence-corrected chi connectivity index (χ3v) is 2.92. The van der Waals surface area contributed by atoms with Crippen molar-refractivity contribution in [2.75, 3.05) is 6.54 Å². The standard InChI is InChI=1S/C13H21NO3/c1-4-11-6-7-12(17-11)9-14(5-2)10(3)8-13(15)16/h6-7,10H,4-5,8-9H2,1-3H3,(H,15,16). The lowest BCUT2D eigenvalue weighted by Gasteiger charge is -2.25. The molecule has 1 heterocycles. The third kappa shape index (κ3) is 4.23. The van der Waals surface area contributed by atoms with Crippen LogP contribution in [0.1, 0.15) is 38.7 Å². The van der Waals surface area contributed by atoms with Crippen molar-refractivity contribution in [1.82, 2.24) is 4.90 Å². The molecule has 0 fully saturated rings. The first-order valence-corrected chi connectivity index (χ1v) is 6.10. The van der Waals surface area contributed by atoms with Crippen LogP contribution in [-0.4, -0.2) is 28.6 Å². The summed E-state index contributed by atoms with van der Waals surface area (Å²) in [4.78, 5) is 12.8. The van der Waals surface area contributed by atoms with Crippen LogP contribution in [0.4, 0.5) is 0 Å². The van der Waals surface area contributed by atoms with E-state index in [9.17, 15) is 4.79 Å². The molecule has 1 aromatic heterocycles. The Kier molecular flexibility index (Phi) is 5.22. The van der Waals surface area contributed by atoms with Gasteiger partial charge in [-0.1, -0.05) is 13.8 Å². The number of carbonyl (C=O) groups is 1. The van der Waals surface area contributed by atoms with Gasteiger partial charge in [-0.15, -0.1) is 0 Å². The fourth-order valence-corrected chi connectivity index (χ4v) is 1.86. The largest absolute Gasteiger partial charge is 0.481 e. The molecule has 0 aliphatic rings. The molecule has 4 nitrogen and oxygen atoms in total. The molecular formula is C13H21NO3. The molecule has 0 aromatic carbocycles. The summed E-state index contributed by atoms with van der Waals surface area (Å²) in [6.45, 7) is 7.50. The van der Waals surface area contributed by atoms with E-state index in [4.69, 9.17) is 9.52 Å². The summed E-state index contributed by atoms with van der Waals surface area (Å²) in [5.74, 6) is 1.12. The Bertz CT molecular complexity index is 359. The molecule has 0 amide bonds. The fourth-order valence-electron chi connectivity index (χ4n) is 1.86. The van der Waals surface area contributed by atoms with Gasteiger partial charge in [0.2, 0.25) is 0 Å². The van der Waals surface area contributed by atoms with Crippen LogP contribution >= 0.6 is 0 Å². The predicted octanol–water partition coefficient (Wildman–Crippen LogP) is 2.53. The molecule has 0 radical (unpaired) electrons. The maximum atomic E-state index is 10.7. The third-order valence-electron chi connectivity index (χ3n) is 2.92. The second kappa shape index (κ2) is 6.45. The topological polar surface area (TPSA) is 53.7 Å². The van der Waals surface area contributed by atoms with Crippen molar-refractivity contribution < 1.29 is 14.3 Å². The van der Waals surface area contributed by atoms with Gasteiger partial charge >= 0.3 is 5.97 Å². The van der Waals surface area contributed by atoms with Gasteiger partial charge in [-0.3, -0.25) is 9.69 Å². The van der Waals surface area contributed by atoms with Crippen molar-refractivity contribution in [2.24, 2.45) is 0 Å². The van der Waals surface area contributed by atoms with E-state index in [-0.39, 0.29) is 12.5 Å². The van der Waals surface area contributed by atoms with Crippen molar-refractivity contribution >= 4 is 5.97 Å². The molecule has 1 aromatic rings. The van der Waals surface area contributed by atoms with Crippen LogP contribution in [0.5, 0.6) is 0 Å². The maximum absolute atomic E-state index is 10.7. The molecule has 4 heteroatoms. The van der Waals surface area contributed by atoms with Gasteiger partial charge < -0.3 is 9.52 Å². The minimum atomic E-state index is -0.760. The Hall–Kier alpha value is -1.29. The number of rotatable bonds is 7. The highest BCUT2D eigenvalue weighted by atomic mass is 16.4. The number of aryl methyl sites for hydroxylation is 1. The zero-order valence-corrected chi connectivity index (χ0v) is 10.8. The molecule has 1 unspecified atom stereocenters. The van der Waals surface area contributed by atoms with Gasteiger partial charge in [-0.05, 0) is 25.6 Å². The number of carboxylic acid groups (broad SMARTS) is 1. The number of hydrogen-bond acceptors (Lipinski definition) is 3. The molecular weight excluding hydrogens is 218 g/mol. The number of hydrogen-bond donors (Lipinski definition) is 1. The minimum Gasteiger partial charge on any atom is -0.481 e. The summed E-state index contributed by atoms with van der Waals surface area (Å²) in [6.07, 6.45) is 1.05. The quantitative estimate of drug-likeness (QED) is 0.794. The molecule has 17 heavy (non-hydrogen) atoms. The molecule has 0 saturated carbocycles. The monoisotopic (exact) mass is 239 g/mol. The first kappa shape index (κ1) is 13.8. The van der Waals surface area contributed by atoms with Crippen LogP contribution in [0.25, 0.3) is 0 Å². The lowest BCUT2D eigenvalue weighted by Crippen LogP contribution is -2.33. The summed E-state index contributed by atoms with van der Waals surface area (Å²) >= 11 is 0. The highest BCUT2D eigenvalue weighted by molar-refractivity contribution is 5.67. The highest BCUT2D eigenvalue weighted by Crippen LogP contribution is 2.14. The number of aliphatic carboxylic acids is 1. The molecule has 0 bridgehead atoms. The van der Waals surface area contributed by atoms with E-state index in [1.54, 1.807) is 0 Å². The van der Waals surface area contributed by atoms with E-state index in [1.165, 1.54) is 0 Å². The zero-order chi connectivity index (χ0) is 12.8. The van der Waals surface area contributed by atoms with Gasteiger partial charge in [-0.25, -0.2) is 0 Å². The molecule has 1 atom stereocenters. The van der Waals surface area contributed by atoms with Crippen LogP contribution in [0, 0.1) is 0 Å². The first-order chi connectivity index (χ1) is 8.06. The molecule has 0 saturated heterocycles. The summed E-state index contributed by atoms with van der Waals surface area (Å²) in [5.41, 5.74) is 0. The summed E-state index contributed by atoms with van der Waals surface area (Å²) < 4.78 is 5.63. The molecule has 0 aliphatic heterocycles. The molecule has 1 rings (SSSR count). The Morgan fingerprint density at radius 1 is 1.41 bits per heavy atom. The van der Waals surface area contributed by atoms with Gasteiger partial charge in [0, 0.05) is 12.5 Å². The molecule has 0 spiro atoms. The average molecular weight is 239 g/mol. The van der Waals surface area contributed by atoms with Crippen molar-refractivity contribution in [3.05, 3.63) is 23.7 Å². The first-order valence-electron chi connectivity index (χ1n) is 6.10. The zero-order valence-electron chi connectivity index (χ0n) is 10.8. The number of furan rings is 1. The molecule has 0 aliphatic carbocycles. The van der Waals surface area contributed by atoms with Crippen molar-refractivity contribution in [3.63, 3.8) is 0 Å². The highest BCUT2D eigenvalue weighted by Gasteiger charge is 2.16. The molecule has 96 valence electrons. The van der Waals surface area contributed by atoms with E-state index in [0.717, 1.165) is 24.5 Å². The van der Waals surface area contributed by atoms with E-state index in [1.807, 2.05) is 32.9 Å². The lowest BCUT2D eigenvalue weighted by atomic mass is 10.2. The SMILES string of the molecule is CCc1ccc(CN(CC)C(C)CC(=O)O)o1.